The summed E-state index contributed by atoms with van der Waals surface area (Å²) in [7, 11) is -3.64. The lowest BCUT2D eigenvalue weighted by Crippen LogP contribution is -2.45. The third-order valence-electron chi connectivity index (χ3n) is 3.59. The number of carbonyl (C=O) groups excluding carboxylic acids is 1. The molecule has 1 atom stereocenters. The van der Waals surface area contributed by atoms with Gasteiger partial charge in [0.05, 0.1) is 11.9 Å². The topological polar surface area (TPSA) is 92.3 Å². The fourth-order valence-electron chi connectivity index (χ4n) is 2.34. The van der Waals surface area contributed by atoms with Crippen LogP contribution in [0.5, 0.6) is 0 Å². The van der Waals surface area contributed by atoms with Crippen molar-refractivity contribution in [1.82, 2.24) is 10.2 Å². The van der Waals surface area contributed by atoms with Crippen LogP contribution in [-0.2, 0) is 21.2 Å². The Hall–Kier alpha value is -1.65. The zero-order chi connectivity index (χ0) is 19.3. The molecule has 0 bridgehead atoms. The first kappa shape index (κ1) is 20.7. The smallest absolute Gasteiger partial charge is 0.249 e. The molecule has 1 aromatic carbocycles. The van der Waals surface area contributed by atoms with Gasteiger partial charge in [-0.2, -0.15) is 0 Å². The largest absolute Gasteiger partial charge is 0.299 e. The number of amides is 1. The van der Waals surface area contributed by atoms with Crippen molar-refractivity contribution >= 4 is 49.8 Å². The second-order valence-corrected chi connectivity index (χ2v) is 9.90. The van der Waals surface area contributed by atoms with Gasteiger partial charge in [0.25, 0.3) is 0 Å². The number of anilines is 2. The molecule has 1 aromatic heterocycles. The Morgan fingerprint density at radius 3 is 2.46 bits per heavy atom. The lowest BCUT2D eigenvalue weighted by Gasteiger charge is -2.28. The lowest BCUT2D eigenvalue weighted by atomic mass is 10.1. The van der Waals surface area contributed by atoms with E-state index in [4.69, 9.17) is 0 Å². The Morgan fingerprint density at radius 2 is 1.92 bits per heavy atom. The Morgan fingerprint density at radius 1 is 1.27 bits per heavy atom. The van der Waals surface area contributed by atoms with Gasteiger partial charge in [0.15, 0.2) is 4.34 Å². The van der Waals surface area contributed by atoms with Crippen LogP contribution in [0.1, 0.15) is 26.3 Å². The molecule has 1 unspecified atom stereocenters. The first-order valence-electron chi connectivity index (χ1n) is 8.11. The average molecular weight is 415 g/mol. The highest BCUT2D eigenvalue weighted by atomic mass is 32.2. The molecule has 1 heterocycles. The van der Waals surface area contributed by atoms with Gasteiger partial charge in [0.1, 0.15) is 6.04 Å². The first-order valence-corrected chi connectivity index (χ1v) is 11.8. The van der Waals surface area contributed by atoms with E-state index in [0.29, 0.717) is 10.8 Å². The van der Waals surface area contributed by atoms with Gasteiger partial charge in [-0.15, -0.1) is 10.2 Å². The van der Waals surface area contributed by atoms with Crippen molar-refractivity contribution in [3.05, 3.63) is 29.8 Å². The highest BCUT2D eigenvalue weighted by Gasteiger charge is 2.29. The normalized spacial score (nSPS) is 12.6. The molecule has 26 heavy (non-hydrogen) atoms. The molecular formula is C16H22N4O3S3. The Kier molecular flexibility index (Phi) is 7.01. The van der Waals surface area contributed by atoms with Gasteiger partial charge in [-0.25, -0.2) is 8.42 Å². The summed E-state index contributed by atoms with van der Waals surface area (Å²) in [5.74, 6) is 0.397. The van der Waals surface area contributed by atoms with Gasteiger partial charge in [-0.3, -0.25) is 14.4 Å². The van der Waals surface area contributed by atoms with E-state index in [9.17, 15) is 13.2 Å². The number of aromatic nitrogens is 2. The lowest BCUT2D eigenvalue weighted by molar-refractivity contribution is -0.116. The van der Waals surface area contributed by atoms with Gasteiger partial charge in [-0.1, -0.05) is 49.1 Å². The van der Waals surface area contributed by atoms with Crippen LogP contribution >= 0.6 is 23.1 Å². The minimum atomic E-state index is -3.64. The van der Waals surface area contributed by atoms with Gasteiger partial charge in [0, 0.05) is 0 Å². The molecule has 0 saturated carbocycles. The second kappa shape index (κ2) is 8.83. The van der Waals surface area contributed by atoms with Crippen molar-refractivity contribution in [2.45, 2.75) is 37.6 Å². The van der Waals surface area contributed by atoms with E-state index in [2.05, 4.69) is 15.5 Å². The number of rotatable bonds is 8. The molecule has 7 nitrogen and oxygen atoms in total. The molecule has 1 N–H and O–H groups in total. The molecular weight excluding hydrogens is 392 g/mol. The van der Waals surface area contributed by atoms with Gasteiger partial charge < -0.3 is 0 Å². The van der Waals surface area contributed by atoms with E-state index in [0.717, 1.165) is 32.6 Å². The Balaban J connectivity index is 2.22. The third kappa shape index (κ3) is 5.18. The van der Waals surface area contributed by atoms with E-state index < -0.39 is 22.0 Å². The molecule has 0 saturated heterocycles. The predicted octanol–water partition coefficient (Wildman–Crippen LogP) is 3.01. The minimum absolute atomic E-state index is 0.354. The zero-order valence-corrected chi connectivity index (χ0v) is 17.5. The van der Waals surface area contributed by atoms with E-state index in [1.54, 1.807) is 19.1 Å². The standard InChI is InChI=1S/C16H22N4O3S3/c1-5-12-7-9-13(10-8-12)20(26(4,22)23)11(3)14(21)17-15-18-19-16(25-15)24-6-2/h7-11H,5-6H2,1-4H3,(H,17,18,21). The van der Waals surface area contributed by atoms with Crippen LogP contribution in [0.15, 0.2) is 28.6 Å². The quantitative estimate of drug-likeness (QED) is 0.527. The predicted molar refractivity (Wildman–Crippen MR) is 108 cm³/mol. The number of hydrogen-bond acceptors (Lipinski definition) is 7. The molecule has 0 aliphatic rings. The minimum Gasteiger partial charge on any atom is -0.299 e. The summed E-state index contributed by atoms with van der Waals surface area (Å²) in [5.41, 5.74) is 1.54. The number of sulfonamides is 1. The van der Waals surface area contributed by atoms with Crippen molar-refractivity contribution in [3.63, 3.8) is 0 Å². The van der Waals surface area contributed by atoms with Crippen molar-refractivity contribution in [1.29, 1.82) is 0 Å². The molecule has 10 heteroatoms. The molecule has 0 aliphatic heterocycles. The maximum atomic E-state index is 12.6. The van der Waals surface area contributed by atoms with Crippen LogP contribution in [0.2, 0.25) is 0 Å². The number of aryl methyl sites for hydroxylation is 1. The van der Waals surface area contributed by atoms with E-state index in [-0.39, 0.29) is 0 Å². The van der Waals surface area contributed by atoms with Crippen LogP contribution in [0.25, 0.3) is 0 Å². The second-order valence-electron chi connectivity index (χ2n) is 5.55. The van der Waals surface area contributed by atoms with Crippen LogP contribution in [-0.4, -0.2) is 42.6 Å². The monoisotopic (exact) mass is 414 g/mol. The first-order chi connectivity index (χ1) is 12.3. The molecule has 0 aliphatic carbocycles. The molecule has 0 spiro atoms. The van der Waals surface area contributed by atoms with Crippen molar-refractivity contribution < 1.29 is 13.2 Å². The van der Waals surface area contributed by atoms with Gasteiger partial charge >= 0.3 is 0 Å². The highest BCUT2D eigenvalue weighted by Crippen LogP contribution is 2.26. The van der Waals surface area contributed by atoms with E-state index in [1.807, 2.05) is 26.0 Å². The summed E-state index contributed by atoms with van der Waals surface area (Å²) in [4.78, 5) is 12.6. The van der Waals surface area contributed by atoms with Crippen molar-refractivity contribution in [2.24, 2.45) is 0 Å². The number of nitrogens with zero attached hydrogens (tertiary/aromatic N) is 3. The summed E-state index contributed by atoms with van der Waals surface area (Å²) in [6.45, 7) is 5.57. The van der Waals surface area contributed by atoms with Crippen LogP contribution in [0.4, 0.5) is 10.8 Å². The highest BCUT2D eigenvalue weighted by molar-refractivity contribution is 8.01. The number of nitrogens with one attached hydrogen (secondary N) is 1. The molecule has 1 amide bonds. The molecule has 2 aromatic rings. The maximum absolute atomic E-state index is 12.6. The number of thioether (sulfide) groups is 1. The third-order valence-corrected chi connectivity index (χ3v) is 6.69. The summed E-state index contributed by atoms with van der Waals surface area (Å²) in [6, 6.07) is 6.22. The molecule has 2 rings (SSSR count). The van der Waals surface area contributed by atoms with Crippen LogP contribution in [0, 0.1) is 0 Å². The fraction of sp³-hybridized carbons (Fsp3) is 0.438. The Bertz CT molecular complexity index is 850. The number of benzene rings is 1. The SMILES string of the molecule is CCSc1nnc(NC(=O)C(C)N(c2ccc(CC)cc2)S(C)(=O)=O)s1. The Labute approximate surface area is 162 Å². The zero-order valence-electron chi connectivity index (χ0n) is 15.1. The molecule has 142 valence electrons. The summed E-state index contributed by atoms with van der Waals surface area (Å²) in [5, 5.41) is 10.9. The van der Waals surface area contributed by atoms with Crippen LogP contribution in [0.3, 0.4) is 0 Å². The van der Waals surface area contributed by atoms with Gasteiger partial charge in [-0.05, 0) is 36.8 Å². The van der Waals surface area contributed by atoms with E-state index in [1.165, 1.54) is 23.1 Å². The summed E-state index contributed by atoms with van der Waals surface area (Å²) in [6.07, 6.45) is 1.94. The summed E-state index contributed by atoms with van der Waals surface area (Å²) >= 11 is 2.79. The van der Waals surface area contributed by atoms with Crippen LogP contribution < -0.4 is 9.62 Å². The average Bonchev–Trinajstić information content (AvgIpc) is 3.01. The summed E-state index contributed by atoms with van der Waals surface area (Å²) < 4.78 is 26.5. The maximum Gasteiger partial charge on any atom is 0.249 e. The van der Waals surface area contributed by atoms with E-state index >= 15 is 0 Å². The number of carbonyl (C=O) groups is 1. The molecule has 0 fully saturated rings. The molecule has 0 radical (unpaired) electrons. The number of hydrogen-bond donors (Lipinski definition) is 1. The van der Waals surface area contributed by atoms with Crippen molar-refractivity contribution in [2.75, 3.05) is 21.6 Å². The van der Waals surface area contributed by atoms with Crippen molar-refractivity contribution in [3.8, 4) is 0 Å². The fourth-order valence-corrected chi connectivity index (χ4v) is 5.17. The van der Waals surface area contributed by atoms with Gasteiger partial charge in [0.2, 0.25) is 21.1 Å².